The SMILES string of the molecule is COC(C)C(C=O)C1CSc2ncccc21. The van der Waals surface area contributed by atoms with Crippen LogP contribution in [0.2, 0.25) is 0 Å². The van der Waals surface area contributed by atoms with Gasteiger partial charge in [-0.15, -0.1) is 11.8 Å². The Kier molecular flexibility index (Phi) is 3.61. The number of rotatable bonds is 4. The van der Waals surface area contributed by atoms with Gasteiger partial charge in [0.05, 0.1) is 11.1 Å². The summed E-state index contributed by atoms with van der Waals surface area (Å²) in [6.45, 7) is 1.94. The summed E-state index contributed by atoms with van der Waals surface area (Å²) >= 11 is 1.72. The van der Waals surface area contributed by atoms with Gasteiger partial charge in [-0.25, -0.2) is 4.98 Å². The largest absolute Gasteiger partial charge is 0.381 e. The number of thioether (sulfide) groups is 1. The van der Waals surface area contributed by atoms with Crippen molar-refractivity contribution >= 4 is 18.0 Å². The molecular weight excluding hydrogens is 222 g/mol. The Balaban J connectivity index is 2.26. The maximum Gasteiger partial charge on any atom is 0.126 e. The molecule has 0 saturated heterocycles. The monoisotopic (exact) mass is 237 g/mol. The molecule has 0 radical (unpaired) electrons. The lowest BCUT2D eigenvalue weighted by atomic mass is 9.86. The van der Waals surface area contributed by atoms with Crippen LogP contribution in [0, 0.1) is 5.92 Å². The molecule has 0 aromatic carbocycles. The Labute approximate surface area is 99.6 Å². The smallest absolute Gasteiger partial charge is 0.126 e. The minimum Gasteiger partial charge on any atom is -0.381 e. The van der Waals surface area contributed by atoms with Crippen LogP contribution in [-0.2, 0) is 9.53 Å². The van der Waals surface area contributed by atoms with E-state index in [9.17, 15) is 4.79 Å². The van der Waals surface area contributed by atoms with Gasteiger partial charge in [0.15, 0.2) is 0 Å². The van der Waals surface area contributed by atoms with Crippen LogP contribution in [0.5, 0.6) is 0 Å². The van der Waals surface area contributed by atoms with E-state index in [-0.39, 0.29) is 17.9 Å². The minimum absolute atomic E-state index is 0.0470. The summed E-state index contributed by atoms with van der Waals surface area (Å²) in [6.07, 6.45) is 2.76. The van der Waals surface area contributed by atoms with Crippen LogP contribution < -0.4 is 0 Å². The predicted molar refractivity (Wildman–Crippen MR) is 63.7 cm³/mol. The molecule has 3 nitrogen and oxygen atoms in total. The number of carbonyl (C=O) groups is 1. The second kappa shape index (κ2) is 4.97. The fourth-order valence-corrected chi connectivity index (χ4v) is 3.33. The van der Waals surface area contributed by atoms with Gasteiger partial charge in [-0.05, 0) is 18.6 Å². The zero-order chi connectivity index (χ0) is 11.5. The normalized spacial score (nSPS) is 22.5. The van der Waals surface area contributed by atoms with Gasteiger partial charge in [0.1, 0.15) is 6.29 Å². The molecule has 3 atom stereocenters. The van der Waals surface area contributed by atoms with Crippen LogP contribution in [0.15, 0.2) is 23.4 Å². The van der Waals surface area contributed by atoms with Crippen molar-refractivity contribution in [3.05, 3.63) is 23.9 Å². The van der Waals surface area contributed by atoms with Crippen molar-refractivity contribution in [1.82, 2.24) is 4.98 Å². The summed E-state index contributed by atoms with van der Waals surface area (Å²) < 4.78 is 5.27. The standard InChI is InChI=1S/C12H15NO2S/c1-8(15-2)10(6-14)11-7-16-12-9(11)4-3-5-13-12/h3-6,8,10-11H,7H2,1-2H3. The minimum atomic E-state index is -0.0806. The second-order valence-electron chi connectivity index (χ2n) is 3.97. The zero-order valence-corrected chi connectivity index (χ0v) is 10.2. The number of hydrogen-bond acceptors (Lipinski definition) is 4. The average molecular weight is 237 g/mol. The molecule has 0 saturated carbocycles. The summed E-state index contributed by atoms with van der Waals surface area (Å²) in [4.78, 5) is 15.5. The zero-order valence-electron chi connectivity index (χ0n) is 9.42. The van der Waals surface area contributed by atoms with Gasteiger partial charge >= 0.3 is 0 Å². The Morgan fingerprint density at radius 2 is 2.50 bits per heavy atom. The third-order valence-corrected chi connectivity index (χ3v) is 4.28. The molecule has 4 heteroatoms. The van der Waals surface area contributed by atoms with E-state index in [2.05, 4.69) is 11.1 Å². The molecule has 2 rings (SSSR count). The fraction of sp³-hybridized carbons (Fsp3) is 0.500. The summed E-state index contributed by atoms with van der Waals surface area (Å²) in [5.74, 6) is 1.08. The van der Waals surface area contributed by atoms with E-state index in [0.717, 1.165) is 17.1 Å². The molecule has 0 amide bonds. The van der Waals surface area contributed by atoms with Crippen molar-refractivity contribution in [2.45, 2.75) is 24.0 Å². The number of fused-ring (bicyclic) bond motifs is 1. The molecule has 1 aromatic rings. The fourth-order valence-electron chi connectivity index (χ4n) is 2.07. The van der Waals surface area contributed by atoms with Crippen LogP contribution in [-0.4, -0.2) is 30.2 Å². The van der Waals surface area contributed by atoms with Crippen molar-refractivity contribution in [2.24, 2.45) is 5.92 Å². The van der Waals surface area contributed by atoms with Crippen LogP contribution in [0.25, 0.3) is 0 Å². The molecule has 0 bridgehead atoms. The molecule has 3 unspecified atom stereocenters. The van der Waals surface area contributed by atoms with Crippen LogP contribution in [0.3, 0.4) is 0 Å². The van der Waals surface area contributed by atoms with E-state index in [0.29, 0.717) is 0 Å². The van der Waals surface area contributed by atoms with Gasteiger partial charge in [0.2, 0.25) is 0 Å². The van der Waals surface area contributed by atoms with Gasteiger partial charge in [-0.1, -0.05) is 6.07 Å². The molecule has 0 spiro atoms. The maximum absolute atomic E-state index is 11.2. The van der Waals surface area contributed by atoms with E-state index in [1.165, 1.54) is 5.56 Å². The molecule has 2 heterocycles. The molecule has 1 aromatic heterocycles. The van der Waals surface area contributed by atoms with Gasteiger partial charge in [0, 0.05) is 30.9 Å². The number of hydrogen-bond donors (Lipinski definition) is 0. The molecule has 1 aliphatic heterocycles. The third-order valence-electron chi connectivity index (χ3n) is 3.14. The van der Waals surface area contributed by atoms with Gasteiger partial charge in [-0.3, -0.25) is 0 Å². The van der Waals surface area contributed by atoms with E-state index in [1.807, 2.05) is 13.0 Å². The summed E-state index contributed by atoms with van der Waals surface area (Å²) in [5.41, 5.74) is 1.19. The number of carbonyl (C=O) groups excluding carboxylic acids is 1. The maximum atomic E-state index is 11.2. The molecule has 0 fully saturated rings. The molecule has 16 heavy (non-hydrogen) atoms. The van der Waals surface area contributed by atoms with Crippen LogP contribution in [0.4, 0.5) is 0 Å². The average Bonchev–Trinajstić information content (AvgIpc) is 2.74. The van der Waals surface area contributed by atoms with Crippen molar-refractivity contribution < 1.29 is 9.53 Å². The Bertz CT molecular complexity index is 383. The van der Waals surface area contributed by atoms with E-state index < -0.39 is 0 Å². The lowest BCUT2D eigenvalue weighted by molar-refractivity contribution is -0.115. The Morgan fingerprint density at radius 3 is 3.19 bits per heavy atom. The third kappa shape index (κ3) is 1.99. The van der Waals surface area contributed by atoms with Crippen molar-refractivity contribution in [1.29, 1.82) is 0 Å². The highest BCUT2D eigenvalue weighted by Gasteiger charge is 2.34. The van der Waals surface area contributed by atoms with E-state index in [4.69, 9.17) is 4.74 Å². The van der Waals surface area contributed by atoms with Crippen molar-refractivity contribution in [3.63, 3.8) is 0 Å². The highest BCUT2D eigenvalue weighted by molar-refractivity contribution is 7.99. The molecule has 0 aliphatic carbocycles. The van der Waals surface area contributed by atoms with Gasteiger partial charge in [-0.2, -0.15) is 0 Å². The van der Waals surface area contributed by atoms with E-state index in [1.54, 1.807) is 25.1 Å². The highest BCUT2D eigenvalue weighted by Crippen LogP contribution is 2.42. The van der Waals surface area contributed by atoms with Crippen molar-refractivity contribution in [2.75, 3.05) is 12.9 Å². The van der Waals surface area contributed by atoms with Crippen LogP contribution >= 0.6 is 11.8 Å². The number of nitrogens with zero attached hydrogens (tertiary/aromatic N) is 1. The summed E-state index contributed by atoms with van der Waals surface area (Å²) in [5, 5.41) is 1.06. The first kappa shape index (κ1) is 11.6. The highest BCUT2D eigenvalue weighted by atomic mass is 32.2. The number of pyridine rings is 1. The predicted octanol–water partition coefficient (Wildman–Crippen LogP) is 2.12. The summed E-state index contributed by atoms with van der Waals surface area (Å²) in [6, 6.07) is 3.99. The first-order chi connectivity index (χ1) is 7.77. The molecule has 86 valence electrons. The Morgan fingerprint density at radius 1 is 1.69 bits per heavy atom. The lowest BCUT2D eigenvalue weighted by Gasteiger charge is -2.23. The number of aldehydes is 1. The first-order valence-corrected chi connectivity index (χ1v) is 6.32. The quantitative estimate of drug-likeness (QED) is 0.752. The van der Waals surface area contributed by atoms with Crippen molar-refractivity contribution in [3.8, 4) is 0 Å². The van der Waals surface area contributed by atoms with Gasteiger partial charge in [0.25, 0.3) is 0 Å². The summed E-state index contributed by atoms with van der Waals surface area (Å²) in [7, 11) is 1.65. The number of aromatic nitrogens is 1. The molecular formula is C12H15NO2S. The topological polar surface area (TPSA) is 39.2 Å². The lowest BCUT2D eigenvalue weighted by Crippen LogP contribution is -2.27. The molecule has 0 N–H and O–H groups in total. The number of methoxy groups -OCH3 is 1. The van der Waals surface area contributed by atoms with Gasteiger partial charge < -0.3 is 9.53 Å². The van der Waals surface area contributed by atoms with E-state index >= 15 is 0 Å². The first-order valence-electron chi connectivity index (χ1n) is 5.33. The number of ether oxygens (including phenoxy) is 1. The second-order valence-corrected chi connectivity index (χ2v) is 4.98. The molecule has 1 aliphatic rings. The Hall–Kier alpha value is -0.870. The van der Waals surface area contributed by atoms with Crippen LogP contribution in [0.1, 0.15) is 18.4 Å².